The highest BCUT2D eigenvalue weighted by Gasteiger charge is 2.56. The molecule has 1 N–H and O–H groups in total. The number of carboxylic acids is 1. The van der Waals surface area contributed by atoms with Crippen LogP contribution >= 0.6 is 0 Å². The summed E-state index contributed by atoms with van der Waals surface area (Å²) in [4.78, 5) is 21.5. The number of aliphatic carboxylic acids is 1. The SMILES string of the molecule is CCCC(CC)(OC(=O)CCC(=O)O)C(F)(F)F. The molecule has 0 saturated heterocycles. The Hall–Kier alpha value is -1.27. The standard InChI is InChI=1S/C11H17F3O4/c1-3-7-10(4-2,11(12,13)14)18-9(17)6-5-8(15)16/h3-7H2,1-2H3,(H,15,16). The lowest BCUT2D eigenvalue weighted by atomic mass is 9.93. The maximum Gasteiger partial charge on any atom is 0.428 e. The number of alkyl halides is 3. The van der Waals surface area contributed by atoms with Crippen molar-refractivity contribution in [3.05, 3.63) is 0 Å². The van der Waals surface area contributed by atoms with Crippen molar-refractivity contribution in [1.82, 2.24) is 0 Å². The van der Waals surface area contributed by atoms with Crippen LogP contribution in [0.4, 0.5) is 13.2 Å². The molecular formula is C11H17F3O4. The molecule has 0 bridgehead atoms. The Morgan fingerprint density at radius 1 is 1.17 bits per heavy atom. The molecule has 106 valence electrons. The molecule has 7 heteroatoms. The molecule has 1 unspecified atom stereocenters. The van der Waals surface area contributed by atoms with Crippen molar-refractivity contribution in [2.24, 2.45) is 0 Å². The molecule has 18 heavy (non-hydrogen) atoms. The Morgan fingerprint density at radius 2 is 1.72 bits per heavy atom. The van der Waals surface area contributed by atoms with Crippen LogP contribution in [0.5, 0.6) is 0 Å². The largest absolute Gasteiger partial charge is 0.481 e. The van der Waals surface area contributed by atoms with Crippen molar-refractivity contribution in [3.63, 3.8) is 0 Å². The van der Waals surface area contributed by atoms with Crippen molar-refractivity contribution in [2.45, 2.75) is 57.7 Å². The summed E-state index contributed by atoms with van der Waals surface area (Å²) in [5.41, 5.74) is -2.50. The van der Waals surface area contributed by atoms with Gasteiger partial charge in [-0.15, -0.1) is 0 Å². The molecule has 1 atom stereocenters. The van der Waals surface area contributed by atoms with Crippen LogP contribution in [0.2, 0.25) is 0 Å². The summed E-state index contributed by atoms with van der Waals surface area (Å²) in [6, 6.07) is 0. The number of carbonyl (C=O) groups is 2. The summed E-state index contributed by atoms with van der Waals surface area (Å²) in [5, 5.41) is 8.35. The number of carbonyl (C=O) groups excluding carboxylic acids is 1. The third kappa shape index (κ3) is 4.54. The maximum absolute atomic E-state index is 12.9. The fourth-order valence-corrected chi connectivity index (χ4v) is 1.58. The number of ether oxygens (including phenoxy) is 1. The van der Waals surface area contributed by atoms with Gasteiger partial charge in [-0.1, -0.05) is 20.3 Å². The van der Waals surface area contributed by atoms with E-state index < -0.39 is 36.6 Å². The van der Waals surface area contributed by atoms with Gasteiger partial charge in [-0.2, -0.15) is 13.2 Å². The molecule has 4 nitrogen and oxygen atoms in total. The molecule has 0 aromatic rings. The molecule has 0 saturated carbocycles. The van der Waals surface area contributed by atoms with Gasteiger partial charge >= 0.3 is 18.1 Å². The van der Waals surface area contributed by atoms with Gasteiger partial charge in [-0.25, -0.2) is 0 Å². The number of esters is 1. The minimum Gasteiger partial charge on any atom is -0.481 e. The monoisotopic (exact) mass is 270 g/mol. The van der Waals surface area contributed by atoms with E-state index in [-0.39, 0.29) is 19.3 Å². The van der Waals surface area contributed by atoms with Crippen LogP contribution in [0.25, 0.3) is 0 Å². The summed E-state index contributed by atoms with van der Waals surface area (Å²) in [6.07, 6.45) is -6.26. The first kappa shape index (κ1) is 16.7. The van der Waals surface area contributed by atoms with Gasteiger partial charge in [0.2, 0.25) is 5.60 Å². The van der Waals surface area contributed by atoms with E-state index in [1.165, 1.54) is 6.92 Å². The van der Waals surface area contributed by atoms with E-state index in [2.05, 4.69) is 4.74 Å². The fourth-order valence-electron chi connectivity index (χ4n) is 1.58. The lowest BCUT2D eigenvalue weighted by Gasteiger charge is -2.34. The first-order valence-corrected chi connectivity index (χ1v) is 5.69. The first-order valence-electron chi connectivity index (χ1n) is 5.69. The minimum absolute atomic E-state index is 0.208. The molecule has 0 fully saturated rings. The molecule has 0 aliphatic heterocycles. The zero-order chi connectivity index (χ0) is 14.4. The number of carboxylic acid groups (broad SMARTS) is 1. The van der Waals surface area contributed by atoms with Gasteiger partial charge in [0.25, 0.3) is 0 Å². The van der Waals surface area contributed by atoms with Crippen molar-refractivity contribution >= 4 is 11.9 Å². The smallest absolute Gasteiger partial charge is 0.428 e. The van der Waals surface area contributed by atoms with Gasteiger partial charge < -0.3 is 9.84 Å². The second kappa shape index (κ2) is 6.61. The van der Waals surface area contributed by atoms with Gasteiger partial charge in [-0.05, 0) is 12.8 Å². The number of halogens is 3. The van der Waals surface area contributed by atoms with Crippen LogP contribution in [-0.4, -0.2) is 28.8 Å². The second-order valence-corrected chi connectivity index (χ2v) is 3.96. The Balaban J connectivity index is 4.79. The molecule has 0 aromatic carbocycles. The van der Waals surface area contributed by atoms with E-state index in [1.807, 2.05) is 0 Å². The quantitative estimate of drug-likeness (QED) is 0.722. The van der Waals surface area contributed by atoms with Gasteiger partial charge in [0.05, 0.1) is 12.8 Å². The molecule has 0 radical (unpaired) electrons. The molecule has 0 aromatic heterocycles. The zero-order valence-corrected chi connectivity index (χ0v) is 10.3. The van der Waals surface area contributed by atoms with Crippen LogP contribution in [0.1, 0.15) is 46.0 Å². The van der Waals surface area contributed by atoms with Crippen molar-refractivity contribution < 1.29 is 32.6 Å². The lowest BCUT2D eigenvalue weighted by Crippen LogP contribution is -2.48. The number of rotatable bonds is 7. The molecule has 0 heterocycles. The number of hydrogen-bond donors (Lipinski definition) is 1. The van der Waals surface area contributed by atoms with E-state index in [0.717, 1.165) is 0 Å². The van der Waals surface area contributed by atoms with E-state index in [0.29, 0.717) is 0 Å². The van der Waals surface area contributed by atoms with Gasteiger partial charge in [0, 0.05) is 0 Å². The highest BCUT2D eigenvalue weighted by Crippen LogP contribution is 2.40. The van der Waals surface area contributed by atoms with Gasteiger partial charge in [-0.3, -0.25) is 9.59 Å². The fraction of sp³-hybridized carbons (Fsp3) is 0.818. The van der Waals surface area contributed by atoms with Gasteiger partial charge in [0.15, 0.2) is 0 Å². The first-order chi connectivity index (χ1) is 8.18. The Kier molecular flexibility index (Phi) is 6.14. The molecular weight excluding hydrogens is 253 g/mol. The van der Waals surface area contributed by atoms with Crippen molar-refractivity contribution in [3.8, 4) is 0 Å². The molecule has 0 rings (SSSR count). The maximum atomic E-state index is 12.9. The highest BCUT2D eigenvalue weighted by molar-refractivity contribution is 5.76. The summed E-state index contributed by atoms with van der Waals surface area (Å²) in [7, 11) is 0. The normalized spacial score (nSPS) is 14.9. The predicted molar refractivity (Wildman–Crippen MR) is 56.9 cm³/mol. The lowest BCUT2D eigenvalue weighted by molar-refractivity contribution is -0.273. The van der Waals surface area contributed by atoms with Crippen molar-refractivity contribution in [1.29, 1.82) is 0 Å². The van der Waals surface area contributed by atoms with E-state index in [1.54, 1.807) is 6.92 Å². The molecule has 0 amide bonds. The van der Waals surface area contributed by atoms with Crippen molar-refractivity contribution in [2.75, 3.05) is 0 Å². The van der Waals surface area contributed by atoms with E-state index in [9.17, 15) is 22.8 Å². The van der Waals surface area contributed by atoms with Crippen LogP contribution in [0, 0.1) is 0 Å². The Bertz CT molecular complexity index is 301. The van der Waals surface area contributed by atoms with Crippen LogP contribution in [-0.2, 0) is 14.3 Å². The van der Waals surface area contributed by atoms with Crippen LogP contribution in [0.3, 0.4) is 0 Å². The molecule has 0 spiro atoms. The summed E-state index contributed by atoms with van der Waals surface area (Å²) in [6.45, 7) is 2.84. The van der Waals surface area contributed by atoms with E-state index in [4.69, 9.17) is 5.11 Å². The summed E-state index contributed by atoms with van der Waals surface area (Å²) in [5.74, 6) is -2.39. The Labute approximate surface area is 103 Å². The third-order valence-corrected chi connectivity index (χ3v) is 2.59. The summed E-state index contributed by atoms with van der Waals surface area (Å²) >= 11 is 0. The van der Waals surface area contributed by atoms with Gasteiger partial charge in [0.1, 0.15) is 0 Å². The highest BCUT2D eigenvalue weighted by atomic mass is 19.4. The zero-order valence-electron chi connectivity index (χ0n) is 10.3. The second-order valence-electron chi connectivity index (χ2n) is 3.96. The predicted octanol–water partition coefficient (Wildman–Crippen LogP) is 2.91. The molecule has 0 aliphatic rings. The third-order valence-electron chi connectivity index (χ3n) is 2.59. The average Bonchev–Trinajstić information content (AvgIpc) is 2.24. The molecule has 0 aliphatic carbocycles. The summed E-state index contributed by atoms with van der Waals surface area (Å²) < 4.78 is 43.3. The van der Waals surface area contributed by atoms with E-state index >= 15 is 0 Å². The average molecular weight is 270 g/mol. The van der Waals surface area contributed by atoms with Crippen LogP contribution in [0.15, 0.2) is 0 Å². The minimum atomic E-state index is -4.66. The Morgan fingerprint density at radius 3 is 2.06 bits per heavy atom. The number of hydrogen-bond acceptors (Lipinski definition) is 3. The van der Waals surface area contributed by atoms with Crippen LogP contribution < -0.4 is 0 Å². The topological polar surface area (TPSA) is 63.6 Å².